The first kappa shape index (κ1) is 69.4. The van der Waals surface area contributed by atoms with Gasteiger partial charge in [0.15, 0.2) is 31.2 Å². The second-order valence-corrected chi connectivity index (χ2v) is 41.2. The summed E-state index contributed by atoms with van der Waals surface area (Å²) in [5.74, 6) is 1.47. The molecule has 0 amide bonds. The van der Waals surface area contributed by atoms with Gasteiger partial charge in [0.1, 0.15) is 19.3 Å². The minimum Gasteiger partial charge on any atom is -0.497 e. The average molecular weight is 1100 g/mol. The van der Waals surface area contributed by atoms with E-state index in [9.17, 15) is 0 Å². The van der Waals surface area contributed by atoms with E-state index >= 15 is 0 Å². The fraction of sp³-hybridized carbons (Fsp3) is 0.774. The normalized spacial score (nSPS) is 23.7. The molecule has 0 unspecified atom stereocenters. The molecule has 1 aromatic carbocycles. The van der Waals surface area contributed by atoms with Gasteiger partial charge in [-0.1, -0.05) is 172 Å². The van der Waals surface area contributed by atoms with Gasteiger partial charge >= 0.3 is 0 Å². The Labute approximate surface area is 464 Å². The summed E-state index contributed by atoms with van der Waals surface area (Å²) in [6.07, 6.45) is 13.2. The van der Waals surface area contributed by atoms with E-state index in [0.29, 0.717) is 13.0 Å². The molecule has 1 aliphatic heterocycles. The number of benzene rings is 1. The van der Waals surface area contributed by atoms with Gasteiger partial charge in [0.25, 0.3) is 0 Å². The van der Waals surface area contributed by atoms with Crippen LogP contribution in [0, 0.1) is 41.4 Å². The highest BCUT2D eigenvalue weighted by Crippen LogP contribution is 2.46. The Morgan fingerprint density at radius 1 is 0.653 bits per heavy atom. The van der Waals surface area contributed by atoms with E-state index < -0.39 is 31.2 Å². The van der Waals surface area contributed by atoms with Gasteiger partial charge in [-0.05, 0) is 91.4 Å². The van der Waals surface area contributed by atoms with Crippen molar-refractivity contribution in [3.8, 4) is 5.75 Å². The molecule has 0 aromatic heterocycles. The second kappa shape index (κ2) is 30.2. The van der Waals surface area contributed by atoms with Crippen molar-refractivity contribution in [3.63, 3.8) is 0 Å². The summed E-state index contributed by atoms with van der Waals surface area (Å²) >= 11 is 0. The van der Waals surface area contributed by atoms with Gasteiger partial charge in [-0.25, -0.2) is 0 Å². The fourth-order valence-electron chi connectivity index (χ4n) is 9.53. The molecule has 75 heavy (non-hydrogen) atoms. The van der Waals surface area contributed by atoms with Crippen LogP contribution in [-0.2, 0) is 48.3 Å². The highest BCUT2D eigenvalue weighted by molar-refractivity contribution is 6.75. The van der Waals surface area contributed by atoms with Crippen molar-refractivity contribution < 1.29 is 46.4 Å². The van der Waals surface area contributed by atoms with E-state index in [1.807, 2.05) is 24.3 Å². The van der Waals surface area contributed by atoms with E-state index in [0.717, 1.165) is 17.7 Å². The Morgan fingerprint density at radius 2 is 1.19 bits per heavy atom. The standard InChI is InChI=1S/C62H114O10Si3/c1-28-29-30-44(3)56(66-40-51-32-35-52(65-21)36-33-51)49(8)57(70-73(22,23)60(10,11)12)47(6)38-43(2)37-46(5)55(68-42-64-20)45(4)31-34-53(67-41-63-19)39-54-48(7)58(71-74(24,25)61(13,14)15)50(9)59(69-54)72-75(26,27)62(16,17)18/h28-37,44-50,53-59H,1,38-42H2,2-27H3/b30-29-,34-31-,43-37-/t44-,45-,46-,47-,48-,49+,50+,53+,54-,55-,56-,57+,58-,59+/m0/s1. The lowest BCUT2D eigenvalue weighted by molar-refractivity contribution is -0.237. The van der Waals surface area contributed by atoms with Gasteiger partial charge in [-0.3, -0.25) is 0 Å². The van der Waals surface area contributed by atoms with Crippen molar-refractivity contribution >= 4 is 25.0 Å². The number of allylic oxidation sites excluding steroid dienone is 3. The van der Waals surface area contributed by atoms with Crippen molar-refractivity contribution in [2.45, 2.75) is 234 Å². The van der Waals surface area contributed by atoms with E-state index in [2.05, 4.69) is 200 Å². The first-order chi connectivity index (χ1) is 34.5. The number of ether oxygens (including phenoxy) is 7. The molecule has 1 aliphatic rings. The number of hydrogen-bond acceptors (Lipinski definition) is 10. The summed E-state index contributed by atoms with van der Waals surface area (Å²) in [4.78, 5) is 0. The quantitative estimate of drug-likeness (QED) is 0.0310. The molecule has 1 heterocycles. The van der Waals surface area contributed by atoms with Crippen LogP contribution >= 0.6 is 0 Å². The minimum atomic E-state index is -2.22. The van der Waals surface area contributed by atoms with E-state index in [1.54, 1.807) is 21.3 Å². The lowest BCUT2D eigenvalue weighted by Crippen LogP contribution is -2.58. The van der Waals surface area contributed by atoms with Crippen LogP contribution in [-0.4, -0.2) is 103 Å². The predicted octanol–water partition coefficient (Wildman–Crippen LogP) is 16.6. The summed E-state index contributed by atoms with van der Waals surface area (Å²) in [7, 11) is -1.51. The third kappa shape index (κ3) is 21.0. The van der Waals surface area contributed by atoms with Gasteiger partial charge < -0.3 is 46.4 Å². The van der Waals surface area contributed by atoms with Crippen LogP contribution in [0.4, 0.5) is 0 Å². The van der Waals surface area contributed by atoms with Crippen LogP contribution in [0.5, 0.6) is 5.75 Å². The van der Waals surface area contributed by atoms with Crippen molar-refractivity contribution in [2.24, 2.45) is 41.4 Å². The number of methoxy groups -OCH3 is 3. The summed E-state index contributed by atoms with van der Waals surface area (Å²) in [5.41, 5.74) is 2.40. The second-order valence-electron chi connectivity index (χ2n) is 27.0. The Bertz CT molecular complexity index is 1890. The molecule has 13 heteroatoms. The molecule has 14 atom stereocenters. The molecular formula is C62H114O10Si3. The third-order valence-electron chi connectivity index (χ3n) is 17.4. The molecule has 10 nitrogen and oxygen atoms in total. The van der Waals surface area contributed by atoms with Gasteiger partial charge in [-0.15, -0.1) is 0 Å². The number of hydrogen-bond donors (Lipinski definition) is 0. The Morgan fingerprint density at radius 3 is 1.71 bits per heavy atom. The first-order valence-corrected chi connectivity index (χ1v) is 37.0. The molecule has 2 rings (SSSR count). The zero-order chi connectivity index (χ0) is 57.5. The molecule has 0 spiro atoms. The van der Waals surface area contributed by atoms with Crippen LogP contribution in [0.1, 0.15) is 136 Å². The van der Waals surface area contributed by atoms with E-state index in [1.165, 1.54) is 5.57 Å². The van der Waals surface area contributed by atoms with Crippen molar-refractivity contribution in [1.82, 2.24) is 0 Å². The van der Waals surface area contributed by atoms with Crippen molar-refractivity contribution in [3.05, 3.63) is 78.4 Å². The third-order valence-corrected chi connectivity index (χ3v) is 30.8. The summed E-state index contributed by atoms with van der Waals surface area (Å²) < 4.78 is 65.5. The number of rotatable bonds is 31. The van der Waals surface area contributed by atoms with Crippen LogP contribution < -0.4 is 4.74 Å². The molecule has 0 N–H and O–H groups in total. The molecule has 0 bridgehead atoms. The minimum absolute atomic E-state index is 0.0164. The van der Waals surface area contributed by atoms with Gasteiger partial charge in [-0.2, -0.15) is 0 Å². The molecule has 1 saturated heterocycles. The van der Waals surface area contributed by atoms with Crippen LogP contribution in [0.25, 0.3) is 0 Å². The van der Waals surface area contributed by atoms with E-state index in [4.69, 9.17) is 46.4 Å². The van der Waals surface area contributed by atoms with Crippen LogP contribution in [0.3, 0.4) is 0 Å². The summed E-state index contributed by atoms with van der Waals surface area (Å²) in [6.45, 7) is 57.8. The summed E-state index contributed by atoms with van der Waals surface area (Å²) in [5, 5.41) is 0.117. The highest BCUT2D eigenvalue weighted by atomic mass is 28.4. The zero-order valence-corrected chi connectivity index (χ0v) is 55.7. The SMILES string of the molecule is C=C/C=C\[C@H](C)[C@H](OCc1ccc(OC)cc1)[C@@H](C)[C@H](O[Si](C)(C)C(C)(C)C)[C@@H](C)C/C(C)=C\[C@H](C)[C@@H](OCOC)[C@@H](C)/C=C\[C@H](C[C@@H]1O[C@H](O[Si](C)(C)C(C)(C)C)[C@H](C)[C@@H](O[Si](C)(C)C(C)(C)C)[C@H]1C)OCOC. The maximum Gasteiger partial charge on any atom is 0.195 e. The Kier molecular flexibility index (Phi) is 27.9. The van der Waals surface area contributed by atoms with E-state index in [-0.39, 0.29) is 107 Å². The van der Waals surface area contributed by atoms with Gasteiger partial charge in [0.2, 0.25) is 0 Å². The van der Waals surface area contributed by atoms with Crippen molar-refractivity contribution in [2.75, 3.05) is 34.9 Å². The Balaban J connectivity index is 2.53. The monoisotopic (exact) mass is 1100 g/mol. The van der Waals surface area contributed by atoms with Gasteiger partial charge in [0, 0.05) is 56.1 Å². The maximum absolute atomic E-state index is 7.50. The van der Waals surface area contributed by atoms with Crippen LogP contribution in [0.15, 0.2) is 72.9 Å². The summed E-state index contributed by atoms with van der Waals surface area (Å²) in [6, 6.07) is 8.14. The molecule has 1 fully saturated rings. The largest absolute Gasteiger partial charge is 0.497 e. The van der Waals surface area contributed by atoms with Gasteiger partial charge in [0.05, 0.1) is 50.3 Å². The zero-order valence-electron chi connectivity index (χ0n) is 52.7. The van der Waals surface area contributed by atoms with Crippen molar-refractivity contribution in [1.29, 1.82) is 0 Å². The molecule has 1 aromatic rings. The fourth-order valence-corrected chi connectivity index (χ4v) is 13.7. The predicted molar refractivity (Wildman–Crippen MR) is 322 cm³/mol. The topological polar surface area (TPSA) is 92.3 Å². The lowest BCUT2D eigenvalue weighted by atomic mass is 9.81. The molecule has 0 saturated carbocycles. The molecule has 0 aliphatic carbocycles. The Hall–Kier alpha value is -1.73. The van der Waals surface area contributed by atoms with Crippen LogP contribution in [0.2, 0.25) is 54.4 Å². The average Bonchev–Trinajstić information content (AvgIpc) is 3.30. The smallest absolute Gasteiger partial charge is 0.195 e. The highest BCUT2D eigenvalue weighted by Gasteiger charge is 2.51. The molecule has 0 radical (unpaired) electrons. The first-order valence-electron chi connectivity index (χ1n) is 28.3. The maximum atomic E-state index is 7.50. The lowest BCUT2D eigenvalue weighted by Gasteiger charge is -2.51. The molecule has 434 valence electrons. The molecular weight excluding hydrogens is 989 g/mol.